The normalized spacial score (nSPS) is 12.0. The molecule has 0 aliphatic carbocycles. The van der Waals surface area contributed by atoms with Crippen LogP contribution in [0.15, 0.2) is 0 Å². The van der Waals surface area contributed by atoms with Crippen LogP contribution in [0.25, 0.3) is 0 Å². The van der Waals surface area contributed by atoms with Gasteiger partial charge >= 0.3 is 7.25 Å². The van der Waals surface area contributed by atoms with Gasteiger partial charge in [0, 0.05) is 6.54 Å². The summed E-state index contributed by atoms with van der Waals surface area (Å²) in [6.07, 6.45) is 0. The summed E-state index contributed by atoms with van der Waals surface area (Å²) in [4.78, 5) is 0. The lowest BCUT2D eigenvalue weighted by Gasteiger charge is -2.34. The number of halogens is 4. The Bertz CT molecular complexity index is 134. The maximum absolute atomic E-state index is 9.75. The minimum absolute atomic E-state index is 1.05. The van der Waals surface area contributed by atoms with Crippen LogP contribution >= 0.6 is 0 Å². The van der Waals surface area contributed by atoms with Gasteiger partial charge in [-0.1, -0.05) is 0 Å². The smallest absolute Gasteiger partial charge is 0.418 e. The molecular formula is C8H21BF4N2. The molecule has 0 heterocycles. The standard InChI is InChI=1S/C8H21N2.BF4/c1-5-9-10(6-2,7-3)8-4;2-1(3,4)5/h9H,5-8H2,1-4H3;/q+1;-1. The molecule has 0 atom stereocenters. The first-order valence-corrected chi connectivity index (χ1v) is 5.23. The second kappa shape index (κ2) is 7.93. The van der Waals surface area contributed by atoms with Gasteiger partial charge in [-0.2, -0.15) is 5.43 Å². The van der Waals surface area contributed by atoms with Crippen molar-refractivity contribution in [1.29, 1.82) is 0 Å². The van der Waals surface area contributed by atoms with Gasteiger partial charge in [-0.25, -0.2) is 4.59 Å². The van der Waals surface area contributed by atoms with Crippen LogP contribution in [0.4, 0.5) is 17.3 Å². The molecule has 0 bridgehead atoms. The molecule has 0 saturated heterocycles. The fourth-order valence-corrected chi connectivity index (χ4v) is 1.34. The Hall–Kier alpha value is -0.295. The number of hydrogen-bond donors (Lipinski definition) is 1. The van der Waals surface area contributed by atoms with Gasteiger partial charge in [0.15, 0.2) is 0 Å². The Morgan fingerprint density at radius 1 is 0.867 bits per heavy atom. The second-order valence-electron chi connectivity index (χ2n) is 3.10. The van der Waals surface area contributed by atoms with Gasteiger partial charge in [-0.15, -0.1) is 0 Å². The van der Waals surface area contributed by atoms with Crippen molar-refractivity contribution in [2.24, 2.45) is 0 Å². The highest BCUT2D eigenvalue weighted by atomic mass is 19.5. The Morgan fingerprint density at radius 3 is 1.20 bits per heavy atom. The molecule has 0 aromatic heterocycles. The molecule has 2 nitrogen and oxygen atoms in total. The molecule has 0 unspecified atom stereocenters. The lowest BCUT2D eigenvalue weighted by molar-refractivity contribution is -0.965. The summed E-state index contributed by atoms with van der Waals surface area (Å²) in [5.41, 5.74) is 3.48. The SMILES string of the molecule is CCN[N+](CC)(CC)CC.F[B-](F)(F)F. The Labute approximate surface area is 89.3 Å². The van der Waals surface area contributed by atoms with Crippen molar-refractivity contribution >= 4 is 7.25 Å². The number of nitrogens with one attached hydrogen (secondary N) is 1. The quantitative estimate of drug-likeness (QED) is 0.332. The third-order valence-electron chi connectivity index (χ3n) is 2.31. The van der Waals surface area contributed by atoms with Crippen molar-refractivity contribution in [2.75, 3.05) is 26.2 Å². The molecule has 94 valence electrons. The number of rotatable bonds is 5. The highest BCUT2D eigenvalue weighted by Gasteiger charge is 2.20. The molecule has 1 N–H and O–H groups in total. The average Bonchev–Trinajstić information content (AvgIpc) is 2.12. The Balaban J connectivity index is 0. The van der Waals surface area contributed by atoms with E-state index in [4.69, 9.17) is 0 Å². The lowest BCUT2D eigenvalue weighted by atomic mass is 10.3. The molecular weight excluding hydrogens is 211 g/mol. The zero-order chi connectivity index (χ0) is 12.5. The first-order chi connectivity index (χ1) is 6.74. The molecule has 0 amide bonds. The van der Waals surface area contributed by atoms with E-state index in [1.54, 1.807) is 0 Å². The van der Waals surface area contributed by atoms with Crippen molar-refractivity contribution in [3.63, 3.8) is 0 Å². The van der Waals surface area contributed by atoms with E-state index < -0.39 is 7.25 Å². The summed E-state index contributed by atoms with van der Waals surface area (Å²) in [7, 11) is -6.00. The maximum atomic E-state index is 9.75. The molecule has 0 fully saturated rings. The van der Waals surface area contributed by atoms with Crippen molar-refractivity contribution < 1.29 is 21.9 Å². The van der Waals surface area contributed by atoms with Crippen molar-refractivity contribution in [1.82, 2.24) is 5.43 Å². The molecule has 0 radical (unpaired) electrons. The zero-order valence-electron chi connectivity index (χ0n) is 9.86. The van der Waals surface area contributed by atoms with Gasteiger partial charge in [0.1, 0.15) is 0 Å². The van der Waals surface area contributed by atoms with Crippen LogP contribution in [0.1, 0.15) is 27.7 Å². The van der Waals surface area contributed by atoms with Crippen LogP contribution in [0.3, 0.4) is 0 Å². The Morgan fingerprint density at radius 2 is 1.13 bits per heavy atom. The van der Waals surface area contributed by atoms with Gasteiger partial charge in [-0.3, -0.25) is 0 Å². The second-order valence-corrected chi connectivity index (χ2v) is 3.10. The highest BCUT2D eigenvalue weighted by molar-refractivity contribution is 6.50. The summed E-state index contributed by atoms with van der Waals surface area (Å²) in [5.74, 6) is 0. The lowest BCUT2D eigenvalue weighted by Crippen LogP contribution is -2.57. The van der Waals surface area contributed by atoms with Crippen LogP contribution in [0.2, 0.25) is 0 Å². The van der Waals surface area contributed by atoms with Crippen LogP contribution in [-0.2, 0) is 0 Å². The summed E-state index contributed by atoms with van der Waals surface area (Å²) < 4.78 is 40.1. The van der Waals surface area contributed by atoms with Gasteiger partial charge in [-0.05, 0) is 27.7 Å². The van der Waals surface area contributed by atoms with E-state index in [0.29, 0.717) is 0 Å². The highest BCUT2D eigenvalue weighted by Crippen LogP contribution is 2.06. The monoisotopic (exact) mass is 232 g/mol. The van der Waals surface area contributed by atoms with E-state index in [1.165, 1.54) is 19.6 Å². The summed E-state index contributed by atoms with van der Waals surface area (Å²) in [6.45, 7) is 13.5. The minimum atomic E-state index is -6.00. The summed E-state index contributed by atoms with van der Waals surface area (Å²) in [6, 6.07) is 0. The molecule has 0 aliphatic rings. The van der Waals surface area contributed by atoms with Crippen LogP contribution < -0.4 is 5.43 Å². The van der Waals surface area contributed by atoms with E-state index in [-0.39, 0.29) is 0 Å². The van der Waals surface area contributed by atoms with Crippen molar-refractivity contribution in [3.8, 4) is 0 Å². The molecule has 0 aliphatic heterocycles. The third kappa shape index (κ3) is 11.6. The fourth-order valence-electron chi connectivity index (χ4n) is 1.34. The molecule has 0 rings (SSSR count). The van der Waals surface area contributed by atoms with Crippen LogP contribution in [-0.4, -0.2) is 38.0 Å². The molecule has 7 heteroatoms. The van der Waals surface area contributed by atoms with Crippen molar-refractivity contribution in [2.45, 2.75) is 27.7 Å². The molecule has 0 saturated carbocycles. The van der Waals surface area contributed by atoms with E-state index in [9.17, 15) is 17.3 Å². The van der Waals surface area contributed by atoms with Crippen LogP contribution in [0.5, 0.6) is 0 Å². The van der Waals surface area contributed by atoms with Crippen LogP contribution in [0, 0.1) is 0 Å². The molecule has 15 heavy (non-hydrogen) atoms. The predicted octanol–water partition coefficient (Wildman–Crippen LogP) is 2.69. The first-order valence-electron chi connectivity index (χ1n) is 5.23. The topological polar surface area (TPSA) is 12.0 Å². The van der Waals surface area contributed by atoms with Gasteiger partial charge in [0.2, 0.25) is 0 Å². The van der Waals surface area contributed by atoms with E-state index in [1.807, 2.05) is 0 Å². The third-order valence-corrected chi connectivity index (χ3v) is 2.31. The number of quaternary nitrogens is 1. The minimum Gasteiger partial charge on any atom is -0.418 e. The molecule has 0 spiro atoms. The van der Waals surface area contributed by atoms with Crippen molar-refractivity contribution in [3.05, 3.63) is 0 Å². The first kappa shape index (κ1) is 17.1. The van der Waals surface area contributed by atoms with Gasteiger partial charge < -0.3 is 17.3 Å². The number of hydrogen-bond acceptors (Lipinski definition) is 1. The zero-order valence-corrected chi connectivity index (χ0v) is 9.86. The maximum Gasteiger partial charge on any atom is 0.673 e. The predicted molar refractivity (Wildman–Crippen MR) is 55.7 cm³/mol. The summed E-state index contributed by atoms with van der Waals surface area (Å²) >= 11 is 0. The Kier molecular flexibility index (Phi) is 9.04. The van der Waals surface area contributed by atoms with E-state index in [2.05, 4.69) is 33.1 Å². The average molecular weight is 232 g/mol. The molecule has 0 aromatic rings. The summed E-state index contributed by atoms with van der Waals surface area (Å²) in [5, 5.41) is 0. The molecule has 0 aromatic carbocycles. The number of nitrogens with zero attached hydrogens (tertiary/aromatic N) is 1. The fraction of sp³-hybridized carbons (Fsp3) is 1.00. The largest absolute Gasteiger partial charge is 0.673 e. The van der Waals surface area contributed by atoms with Gasteiger partial charge in [0.05, 0.1) is 19.6 Å². The van der Waals surface area contributed by atoms with Gasteiger partial charge in [0.25, 0.3) is 0 Å². The van der Waals surface area contributed by atoms with E-state index in [0.717, 1.165) is 11.1 Å². The van der Waals surface area contributed by atoms with E-state index >= 15 is 0 Å².